The number of nitrogens with two attached hydrogens (primary N) is 1. The molecule has 18 heavy (non-hydrogen) atoms. The van der Waals surface area contributed by atoms with Crippen LogP contribution >= 0.6 is 0 Å². The predicted octanol–water partition coefficient (Wildman–Crippen LogP) is 3.23. The molecule has 1 aromatic carbocycles. The number of benzene rings is 1. The first kappa shape index (κ1) is 12.1. The van der Waals surface area contributed by atoms with Crippen molar-refractivity contribution < 1.29 is 0 Å². The van der Waals surface area contributed by atoms with Gasteiger partial charge in [0.25, 0.3) is 0 Å². The highest BCUT2D eigenvalue weighted by Gasteiger charge is 2.00. The van der Waals surface area contributed by atoms with Gasteiger partial charge in [-0.05, 0) is 30.2 Å². The number of nitrogens with one attached hydrogen (secondary N) is 1. The Kier molecular flexibility index (Phi) is 3.57. The second-order valence-electron chi connectivity index (χ2n) is 4.00. The Hall–Kier alpha value is -2.36. The largest absolute Gasteiger partial charge is 0.399 e. The van der Waals surface area contributed by atoms with Gasteiger partial charge in [0.2, 0.25) is 5.95 Å². The van der Waals surface area contributed by atoms with Crippen LogP contribution in [0.15, 0.2) is 43.2 Å². The van der Waals surface area contributed by atoms with Crippen LogP contribution in [0.4, 0.5) is 17.3 Å². The maximum atomic E-state index is 5.70. The van der Waals surface area contributed by atoms with Crippen LogP contribution in [0.25, 0.3) is 5.57 Å². The summed E-state index contributed by atoms with van der Waals surface area (Å²) in [5.41, 5.74) is 9.28. The van der Waals surface area contributed by atoms with Crippen molar-refractivity contribution in [2.75, 3.05) is 11.1 Å². The first-order valence-electron chi connectivity index (χ1n) is 5.82. The molecule has 0 amide bonds. The van der Waals surface area contributed by atoms with E-state index >= 15 is 0 Å². The van der Waals surface area contributed by atoms with Crippen molar-refractivity contribution in [3.8, 4) is 0 Å². The Balaban J connectivity index is 2.13. The summed E-state index contributed by atoms with van der Waals surface area (Å²) in [6, 6.07) is 7.46. The first-order chi connectivity index (χ1) is 8.69. The summed E-state index contributed by atoms with van der Waals surface area (Å²) in [6.45, 7) is 6.01. The van der Waals surface area contributed by atoms with E-state index in [4.69, 9.17) is 5.73 Å². The summed E-state index contributed by atoms with van der Waals surface area (Å²) >= 11 is 0. The molecule has 1 aromatic heterocycles. The van der Waals surface area contributed by atoms with Crippen molar-refractivity contribution in [3.05, 3.63) is 48.8 Å². The van der Waals surface area contributed by atoms with E-state index in [0.717, 1.165) is 23.2 Å². The summed E-state index contributed by atoms with van der Waals surface area (Å²) in [4.78, 5) is 8.50. The van der Waals surface area contributed by atoms with Crippen LogP contribution in [0.5, 0.6) is 0 Å². The Bertz CT molecular complexity index is 546. The topological polar surface area (TPSA) is 63.8 Å². The summed E-state index contributed by atoms with van der Waals surface area (Å²) in [6.07, 6.45) is 4.44. The van der Waals surface area contributed by atoms with E-state index in [0.29, 0.717) is 11.6 Å². The van der Waals surface area contributed by atoms with Gasteiger partial charge >= 0.3 is 0 Å². The summed E-state index contributed by atoms with van der Waals surface area (Å²) in [7, 11) is 0. The van der Waals surface area contributed by atoms with Crippen LogP contribution in [0.1, 0.15) is 18.9 Å². The number of hydrogen-bond acceptors (Lipinski definition) is 4. The number of allylic oxidation sites excluding steroid dienone is 1. The SMILES string of the molecule is C=C(CC)c1cnc(Nc2cccc(N)c2)nc1. The van der Waals surface area contributed by atoms with Crippen LogP contribution in [0.2, 0.25) is 0 Å². The summed E-state index contributed by atoms with van der Waals surface area (Å²) in [5.74, 6) is 0.549. The fraction of sp³-hybridized carbons (Fsp3) is 0.143. The third-order valence-electron chi connectivity index (χ3n) is 2.63. The molecule has 4 nitrogen and oxygen atoms in total. The van der Waals surface area contributed by atoms with E-state index < -0.39 is 0 Å². The number of anilines is 3. The summed E-state index contributed by atoms with van der Waals surface area (Å²) < 4.78 is 0. The molecule has 2 rings (SSSR count). The van der Waals surface area contributed by atoms with Crippen molar-refractivity contribution in [1.29, 1.82) is 0 Å². The molecule has 0 aliphatic carbocycles. The second-order valence-corrected chi connectivity index (χ2v) is 4.00. The average molecular weight is 240 g/mol. The van der Waals surface area contributed by atoms with Gasteiger partial charge in [-0.1, -0.05) is 19.6 Å². The van der Waals surface area contributed by atoms with Gasteiger partial charge in [0.1, 0.15) is 0 Å². The first-order valence-corrected chi connectivity index (χ1v) is 5.82. The van der Waals surface area contributed by atoms with Crippen LogP contribution < -0.4 is 11.1 Å². The second kappa shape index (κ2) is 5.31. The van der Waals surface area contributed by atoms with Gasteiger partial charge in [-0.2, -0.15) is 0 Å². The van der Waals surface area contributed by atoms with E-state index in [2.05, 4.69) is 28.8 Å². The maximum Gasteiger partial charge on any atom is 0.227 e. The molecular weight excluding hydrogens is 224 g/mol. The lowest BCUT2D eigenvalue weighted by Crippen LogP contribution is -1.98. The smallest absolute Gasteiger partial charge is 0.227 e. The normalized spacial score (nSPS) is 10.1. The number of rotatable bonds is 4. The molecule has 0 bridgehead atoms. The van der Waals surface area contributed by atoms with E-state index in [-0.39, 0.29) is 0 Å². The quantitative estimate of drug-likeness (QED) is 0.805. The highest BCUT2D eigenvalue weighted by Crippen LogP contribution is 2.17. The lowest BCUT2D eigenvalue weighted by atomic mass is 10.1. The molecule has 0 aliphatic rings. The van der Waals surface area contributed by atoms with Crippen molar-refractivity contribution in [3.63, 3.8) is 0 Å². The number of nitrogen functional groups attached to an aromatic ring is 1. The van der Waals surface area contributed by atoms with Gasteiger partial charge in [-0.25, -0.2) is 9.97 Å². The van der Waals surface area contributed by atoms with Gasteiger partial charge in [-0.3, -0.25) is 0 Å². The van der Waals surface area contributed by atoms with Gasteiger partial charge in [-0.15, -0.1) is 0 Å². The fourth-order valence-electron chi connectivity index (χ4n) is 1.52. The van der Waals surface area contributed by atoms with Gasteiger partial charge < -0.3 is 11.1 Å². The van der Waals surface area contributed by atoms with E-state index in [1.165, 1.54) is 0 Å². The molecule has 0 radical (unpaired) electrons. The Labute approximate surface area is 107 Å². The minimum Gasteiger partial charge on any atom is -0.399 e. The van der Waals surface area contributed by atoms with Crippen LogP contribution in [-0.2, 0) is 0 Å². The Morgan fingerprint density at radius 2 is 2.06 bits per heavy atom. The molecule has 0 fully saturated rings. The number of nitrogens with zero attached hydrogens (tertiary/aromatic N) is 2. The lowest BCUT2D eigenvalue weighted by molar-refractivity contribution is 1.13. The van der Waals surface area contributed by atoms with Crippen molar-refractivity contribution in [2.45, 2.75) is 13.3 Å². The van der Waals surface area contributed by atoms with Crippen molar-refractivity contribution in [1.82, 2.24) is 9.97 Å². The van der Waals surface area contributed by atoms with E-state index in [1.54, 1.807) is 12.4 Å². The minimum atomic E-state index is 0.549. The zero-order valence-electron chi connectivity index (χ0n) is 10.4. The Morgan fingerprint density at radius 1 is 1.33 bits per heavy atom. The summed E-state index contributed by atoms with van der Waals surface area (Å²) in [5, 5.41) is 3.10. The molecule has 0 aliphatic heterocycles. The molecule has 0 unspecified atom stereocenters. The third-order valence-corrected chi connectivity index (χ3v) is 2.63. The molecule has 92 valence electrons. The fourth-order valence-corrected chi connectivity index (χ4v) is 1.52. The lowest BCUT2D eigenvalue weighted by Gasteiger charge is -2.06. The van der Waals surface area contributed by atoms with Gasteiger partial charge in [0, 0.05) is 29.3 Å². The monoisotopic (exact) mass is 240 g/mol. The van der Waals surface area contributed by atoms with Crippen molar-refractivity contribution >= 4 is 22.9 Å². The van der Waals surface area contributed by atoms with Crippen LogP contribution in [-0.4, -0.2) is 9.97 Å². The average Bonchev–Trinajstić information content (AvgIpc) is 2.39. The molecule has 0 atom stereocenters. The highest BCUT2D eigenvalue weighted by molar-refractivity contribution is 5.63. The molecular formula is C14H16N4. The molecule has 0 saturated carbocycles. The number of aromatic nitrogens is 2. The zero-order valence-corrected chi connectivity index (χ0v) is 10.4. The van der Waals surface area contributed by atoms with E-state index in [9.17, 15) is 0 Å². The molecule has 2 aromatic rings. The van der Waals surface area contributed by atoms with Gasteiger partial charge in [0.05, 0.1) is 0 Å². The van der Waals surface area contributed by atoms with Crippen LogP contribution in [0, 0.1) is 0 Å². The highest BCUT2D eigenvalue weighted by atomic mass is 15.1. The van der Waals surface area contributed by atoms with Gasteiger partial charge in [0.15, 0.2) is 0 Å². The Morgan fingerprint density at radius 3 is 2.67 bits per heavy atom. The molecule has 3 N–H and O–H groups in total. The standard InChI is InChI=1S/C14H16N4/c1-3-10(2)11-8-16-14(17-9-11)18-13-6-4-5-12(15)7-13/h4-9H,2-3,15H2,1H3,(H,16,17,18). The molecule has 4 heteroatoms. The molecule has 0 spiro atoms. The zero-order chi connectivity index (χ0) is 13.0. The van der Waals surface area contributed by atoms with Crippen LogP contribution in [0.3, 0.4) is 0 Å². The molecule has 1 heterocycles. The third kappa shape index (κ3) is 2.85. The minimum absolute atomic E-state index is 0.549. The molecule has 0 saturated heterocycles. The van der Waals surface area contributed by atoms with Crippen molar-refractivity contribution in [2.24, 2.45) is 0 Å². The maximum absolute atomic E-state index is 5.70. The number of hydrogen-bond donors (Lipinski definition) is 2. The predicted molar refractivity (Wildman–Crippen MR) is 75.5 cm³/mol. The van der Waals surface area contributed by atoms with E-state index in [1.807, 2.05) is 24.3 Å².